The van der Waals surface area contributed by atoms with Gasteiger partial charge in [-0.2, -0.15) is 23.8 Å². The summed E-state index contributed by atoms with van der Waals surface area (Å²) in [5, 5.41) is 4.69. The van der Waals surface area contributed by atoms with Crippen LogP contribution >= 0.6 is 9.30 Å². The van der Waals surface area contributed by atoms with Crippen molar-refractivity contribution in [1.29, 1.82) is 0 Å². The molecular formula is C21H26ClNTi. The van der Waals surface area contributed by atoms with Crippen molar-refractivity contribution in [3.63, 3.8) is 0 Å². The number of nitrogens with zero attached hydrogens (tertiary/aromatic N) is 1. The molecule has 0 radical (unpaired) electrons. The summed E-state index contributed by atoms with van der Waals surface area (Å²) in [5.41, 5.74) is 2.49. The molecule has 2 aromatic rings. The zero-order valence-corrected chi connectivity index (χ0v) is 16.7. The van der Waals surface area contributed by atoms with Gasteiger partial charge in [-0.1, -0.05) is 45.1 Å². The maximum absolute atomic E-state index is 4.69. The van der Waals surface area contributed by atoms with Crippen molar-refractivity contribution in [2.24, 2.45) is 0 Å². The van der Waals surface area contributed by atoms with Crippen LogP contribution in [0.1, 0.15) is 44.6 Å². The van der Waals surface area contributed by atoms with Crippen LogP contribution < -0.4 is 0 Å². The number of hydrogen-bond donors (Lipinski definition) is 0. The fourth-order valence-electron chi connectivity index (χ4n) is 2.62. The second kappa shape index (κ2) is 14.3. The first-order valence-electron chi connectivity index (χ1n) is 8.47. The molecule has 3 rings (SSSR count). The largest absolute Gasteiger partial charge is 0.214 e. The van der Waals surface area contributed by atoms with Crippen LogP contribution in [0.5, 0.6) is 0 Å². The van der Waals surface area contributed by atoms with E-state index in [1.807, 2.05) is 42.6 Å². The van der Waals surface area contributed by atoms with E-state index in [4.69, 9.17) is 0 Å². The van der Waals surface area contributed by atoms with Gasteiger partial charge in [-0.25, -0.2) is 12.1 Å². The topological polar surface area (TPSA) is 14.1 Å². The molecule has 0 heterocycles. The Kier molecular flexibility index (Phi) is 12.6. The third kappa shape index (κ3) is 9.98. The van der Waals surface area contributed by atoms with E-state index in [-0.39, 0.29) is 0 Å². The minimum Gasteiger partial charge on any atom is -0.214 e. The molecule has 0 saturated heterocycles. The van der Waals surface area contributed by atoms with Crippen molar-refractivity contribution in [2.45, 2.75) is 45.1 Å². The molecule has 0 aromatic heterocycles. The number of rotatable bonds is 4. The van der Waals surface area contributed by atoms with E-state index in [9.17, 15) is 0 Å². The molecule has 2 aromatic carbocycles. The molecule has 0 atom stereocenters. The Bertz CT molecular complexity index is 499. The predicted octanol–water partition coefficient (Wildman–Crippen LogP) is 6.94. The number of hydrogen-bond acceptors (Lipinski definition) is 0. The fourth-order valence-corrected chi connectivity index (χ4v) is 2.62. The summed E-state index contributed by atoms with van der Waals surface area (Å²) in [7, 11) is 4.64. The second-order valence-electron chi connectivity index (χ2n) is 5.83. The average Bonchev–Trinajstić information content (AvgIpc) is 3.23. The summed E-state index contributed by atoms with van der Waals surface area (Å²) < 4.78 is 0. The van der Waals surface area contributed by atoms with Crippen LogP contribution in [-0.4, -0.2) is 6.04 Å². The summed E-state index contributed by atoms with van der Waals surface area (Å²) in [5.74, 6) is 0. The normalized spacial score (nSPS) is 14.6. The van der Waals surface area contributed by atoms with E-state index in [0.717, 1.165) is 0 Å². The molecule has 1 aliphatic rings. The van der Waals surface area contributed by atoms with Crippen molar-refractivity contribution in [1.82, 2.24) is 0 Å². The van der Waals surface area contributed by atoms with Gasteiger partial charge in [0.25, 0.3) is 0 Å². The van der Waals surface area contributed by atoms with Gasteiger partial charge < -0.3 is 5.32 Å². The minimum atomic E-state index is 0.572. The fraction of sp³-hybridized carbons (Fsp3) is 0.333. The molecule has 0 spiro atoms. The molecule has 0 aliphatic heterocycles. The smallest absolute Gasteiger partial charge is 0.172 e. The molecule has 0 bridgehead atoms. The van der Waals surface area contributed by atoms with E-state index in [2.05, 4.69) is 52.2 Å². The van der Waals surface area contributed by atoms with Gasteiger partial charge in [-0.3, -0.25) is 6.20 Å². The Morgan fingerprint density at radius 1 is 1.08 bits per heavy atom. The maximum atomic E-state index is 4.69. The van der Waals surface area contributed by atoms with Crippen molar-refractivity contribution >= 4 is 9.30 Å². The third-order valence-electron chi connectivity index (χ3n) is 3.81. The Hall–Kier alpha value is -1.02. The Balaban J connectivity index is 0.000000346. The SMILES string of the molecule is CC(=C[N-]C1CCCCC1)[CH-]c1ccccc1.[Cl][Ti+3].c1cc[cH-]c1. The van der Waals surface area contributed by atoms with Crippen LogP contribution in [0.25, 0.3) is 5.32 Å². The molecule has 1 aliphatic carbocycles. The molecule has 1 nitrogen and oxygen atoms in total. The zero-order chi connectivity index (χ0) is 17.5. The molecular weight excluding hydrogens is 350 g/mol. The molecule has 0 N–H and O–H groups in total. The molecule has 3 heteroatoms. The Morgan fingerprint density at radius 2 is 1.71 bits per heavy atom. The van der Waals surface area contributed by atoms with Gasteiger partial charge in [-0.05, 0) is 0 Å². The molecule has 24 heavy (non-hydrogen) atoms. The first-order valence-corrected chi connectivity index (χ1v) is 10.6. The zero-order valence-electron chi connectivity index (χ0n) is 14.4. The summed E-state index contributed by atoms with van der Waals surface area (Å²) in [4.78, 5) is 0. The van der Waals surface area contributed by atoms with Crippen LogP contribution in [-0.2, 0) is 19.4 Å². The molecule has 1 saturated carbocycles. The van der Waals surface area contributed by atoms with E-state index < -0.39 is 0 Å². The van der Waals surface area contributed by atoms with Crippen LogP contribution in [0.3, 0.4) is 0 Å². The van der Waals surface area contributed by atoms with Crippen LogP contribution in [0.15, 0.2) is 72.4 Å². The van der Waals surface area contributed by atoms with Crippen LogP contribution in [0.4, 0.5) is 0 Å². The van der Waals surface area contributed by atoms with Gasteiger partial charge in [-0.15, -0.1) is 42.3 Å². The van der Waals surface area contributed by atoms with Crippen molar-refractivity contribution < 1.29 is 19.4 Å². The monoisotopic (exact) mass is 375 g/mol. The number of halogens is 1. The first kappa shape index (κ1) is 21.0. The van der Waals surface area contributed by atoms with Crippen molar-refractivity contribution in [2.75, 3.05) is 0 Å². The summed E-state index contributed by atoms with van der Waals surface area (Å²) >= 11 is 1.47. The minimum absolute atomic E-state index is 0.572. The van der Waals surface area contributed by atoms with E-state index in [1.54, 1.807) is 0 Å². The Morgan fingerprint density at radius 3 is 2.25 bits per heavy atom. The van der Waals surface area contributed by atoms with Crippen LogP contribution in [0, 0.1) is 6.42 Å². The second-order valence-corrected chi connectivity index (χ2v) is 5.83. The van der Waals surface area contributed by atoms with E-state index in [1.165, 1.54) is 62.6 Å². The summed E-state index contributed by atoms with van der Waals surface area (Å²) in [6.45, 7) is 2.12. The van der Waals surface area contributed by atoms with Gasteiger partial charge in [0.15, 0.2) is 0 Å². The van der Waals surface area contributed by atoms with Gasteiger partial charge in [0.05, 0.1) is 0 Å². The summed E-state index contributed by atoms with van der Waals surface area (Å²) in [6, 6.07) is 21.0. The Labute approximate surface area is 163 Å². The molecule has 0 unspecified atom stereocenters. The van der Waals surface area contributed by atoms with Crippen molar-refractivity contribution in [3.8, 4) is 0 Å². The maximum Gasteiger partial charge on any atom is -0.172 e. The first-order chi connectivity index (χ1) is 11.8. The summed E-state index contributed by atoms with van der Waals surface area (Å²) in [6.07, 6.45) is 10.9. The van der Waals surface area contributed by atoms with Crippen LogP contribution in [0.2, 0.25) is 0 Å². The molecule has 126 valence electrons. The van der Waals surface area contributed by atoms with E-state index >= 15 is 0 Å². The van der Waals surface area contributed by atoms with Crippen molar-refractivity contribution in [3.05, 3.63) is 89.7 Å². The van der Waals surface area contributed by atoms with Gasteiger partial charge >= 0.3 is 28.7 Å². The van der Waals surface area contributed by atoms with Gasteiger partial charge in [0, 0.05) is 0 Å². The number of allylic oxidation sites excluding steroid dienone is 1. The quantitative estimate of drug-likeness (QED) is 0.406. The van der Waals surface area contributed by atoms with Gasteiger partial charge in [0.1, 0.15) is 0 Å². The molecule has 0 amide bonds. The standard InChI is InChI=1S/C16H21N.C5H5.ClH.Ti/c1-14(12-15-8-4-2-5-9-15)13-17-16-10-6-3-7-11-16;1-2-4-5-3-1;;/h2,4-5,8-9,12-13,16H,3,6-7,10-11H2,1H3;1-5H;1H;/q-2;-1;;+4/p-1. The third-order valence-corrected chi connectivity index (χ3v) is 3.81. The van der Waals surface area contributed by atoms with E-state index in [0.29, 0.717) is 6.04 Å². The van der Waals surface area contributed by atoms with Gasteiger partial charge in [0.2, 0.25) is 0 Å². The number of benzene rings is 1. The predicted molar refractivity (Wildman–Crippen MR) is 102 cm³/mol. The average molecular weight is 376 g/mol. The molecule has 1 fully saturated rings.